The van der Waals surface area contributed by atoms with Crippen LogP contribution in [0.25, 0.3) is 0 Å². The highest BCUT2D eigenvalue weighted by Gasteiger charge is 2.07. The molecule has 27 heavy (non-hydrogen) atoms. The molecule has 0 aliphatic heterocycles. The molecule has 0 aliphatic rings. The minimum atomic E-state index is -0.185. The first-order chi connectivity index (χ1) is 13.1. The highest BCUT2D eigenvalue weighted by atomic mass is 32.1. The molecule has 3 N–H and O–H groups in total. The highest BCUT2D eigenvalue weighted by molar-refractivity contribution is 7.80. The van der Waals surface area contributed by atoms with Crippen molar-refractivity contribution in [2.75, 3.05) is 10.6 Å². The van der Waals surface area contributed by atoms with Crippen LogP contribution < -0.4 is 16.0 Å². The minimum absolute atomic E-state index is 0.0860. The molecule has 2 rings (SSSR count). The monoisotopic (exact) mass is 383 g/mol. The second-order valence-corrected chi connectivity index (χ2v) is 6.62. The van der Waals surface area contributed by atoms with Crippen LogP contribution in [0.5, 0.6) is 0 Å². The number of hydrogen-bond donors (Lipinski definition) is 3. The second kappa shape index (κ2) is 11.1. The van der Waals surface area contributed by atoms with Crippen LogP contribution in [0.4, 0.5) is 11.4 Å². The van der Waals surface area contributed by atoms with Crippen LogP contribution in [-0.4, -0.2) is 16.9 Å². The smallest absolute Gasteiger partial charge is 0.255 e. The standard InChI is InChI=1S/C21H25N3O2S/c1-2-3-4-8-14-19(25)24-21(27)23-18-13-9-12-17(15-18)22-20(26)16-10-6-5-7-11-16/h5-7,9-13,15H,2-4,8,14H2,1H3,(H,22,26)(H2,23,24,25,27). The molecule has 0 aromatic heterocycles. The van der Waals surface area contributed by atoms with E-state index in [4.69, 9.17) is 12.2 Å². The Bertz CT molecular complexity index is 778. The average molecular weight is 384 g/mol. The van der Waals surface area contributed by atoms with Gasteiger partial charge in [0.25, 0.3) is 5.91 Å². The van der Waals surface area contributed by atoms with Gasteiger partial charge in [-0.15, -0.1) is 0 Å². The van der Waals surface area contributed by atoms with Crippen LogP contribution in [0.3, 0.4) is 0 Å². The molecule has 0 fully saturated rings. The number of anilines is 2. The molecule has 0 saturated heterocycles. The van der Waals surface area contributed by atoms with E-state index in [0.29, 0.717) is 23.4 Å². The summed E-state index contributed by atoms with van der Waals surface area (Å²) in [4.78, 5) is 24.1. The number of unbranched alkanes of at least 4 members (excludes halogenated alkanes) is 3. The van der Waals surface area contributed by atoms with Crippen LogP contribution >= 0.6 is 12.2 Å². The maximum atomic E-state index is 12.2. The van der Waals surface area contributed by atoms with E-state index in [2.05, 4.69) is 22.9 Å². The highest BCUT2D eigenvalue weighted by Crippen LogP contribution is 2.16. The van der Waals surface area contributed by atoms with E-state index in [1.165, 1.54) is 0 Å². The molecular formula is C21H25N3O2S. The van der Waals surface area contributed by atoms with E-state index in [1.54, 1.807) is 30.3 Å². The average Bonchev–Trinajstić information content (AvgIpc) is 2.66. The zero-order chi connectivity index (χ0) is 19.5. The number of carbonyl (C=O) groups excluding carboxylic acids is 2. The van der Waals surface area contributed by atoms with Crippen molar-refractivity contribution in [1.29, 1.82) is 0 Å². The Kier molecular flexibility index (Phi) is 8.45. The Morgan fingerprint density at radius 3 is 2.30 bits per heavy atom. The molecule has 0 atom stereocenters. The largest absolute Gasteiger partial charge is 0.332 e. The molecule has 0 bridgehead atoms. The quantitative estimate of drug-likeness (QED) is 0.456. The SMILES string of the molecule is CCCCCCC(=O)NC(=S)Nc1cccc(NC(=O)c2ccccc2)c1. The van der Waals surface area contributed by atoms with Gasteiger partial charge in [-0.2, -0.15) is 0 Å². The normalized spacial score (nSPS) is 10.1. The zero-order valence-electron chi connectivity index (χ0n) is 15.5. The van der Waals surface area contributed by atoms with Gasteiger partial charge in [0, 0.05) is 23.4 Å². The Balaban J connectivity index is 1.85. The van der Waals surface area contributed by atoms with Gasteiger partial charge >= 0.3 is 0 Å². The minimum Gasteiger partial charge on any atom is -0.332 e. The van der Waals surface area contributed by atoms with Gasteiger partial charge in [0.1, 0.15) is 0 Å². The third kappa shape index (κ3) is 7.58. The van der Waals surface area contributed by atoms with E-state index in [0.717, 1.165) is 25.7 Å². The Labute approximate surface area is 165 Å². The molecule has 0 heterocycles. The molecule has 5 nitrogen and oxygen atoms in total. The van der Waals surface area contributed by atoms with E-state index >= 15 is 0 Å². The fourth-order valence-electron chi connectivity index (χ4n) is 2.53. The van der Waals surface area contributed by atoms with Crippen molar-refractivity contribution in [3.05, 3.63) is 60.2 Å². The molecule has 2 aromatic carbocycles. The van der Waals surface area contributed by atoms with Crippen molar-refractivity contribution in [2.45, 2.75) is 39.0 Å². The summed E-state index contributed by atoms with van der Waals surface area (Å²) in [6.45, 7) is 2.13. The van der Waals surface area contributed by atoms with Crippen molar-refractivity contribution in [1.82, 2.24) is 5.32 Å². The number of hydrogen-bond acceptors (Lipinski definition) is 3. The summed E-state index contributed by atoms with van der Waals surface area (Å²) in [5.74, 6) is -0.271. The fraction of sp³-hybridized carbons (Fsp3) is 0.286. The third-order valence-electron chi connectivity index (χ3n) is 3.92. The molecule has 0 saturated carbocycles. The first-order valence-electron chi connectivity index (χ1n) is 9.16. The molecule has 0 unspecified atom stereocenters. The summed E-state index contributed by atoms with van der Waals surface area (Å²) in [6, 6.07) is 16.2. The second-order valence-electron chi connectivity index (χ2n) is 6.21. The van der Waals surface area contributed by atoms with Gasteiger partial charge in [0.15, 0.2) is 5.11 Å². The zero-order valence-corrected chi connectivity index (χ0v) is 16.3. The number of thiocarbonyl (C=S) groups is 1. The molecule has 6 heteroatoms. The number of benzene rings is 2. The summed E-state index contributed by atoms with van der Waals surface area (Å²) < 4.78 is 0. The number of nitrogens with one attached hydrogen (secondary N) is 3. The first-order valence-corrected chi connectivity index (χ1v) is 9.56. The van der Waals surface area contributed by atoms with Gasteiger partial charge in [0.05, 0.1) is 0 Å². The van der Waals surface area contributed by atoms with E-state index < -0.39 is 0 Å². The van der Waals surface area contributed by atoms with Crippen molar-refractivity contribution >= 4 is 40.5 Å². The van der Waals surface area contributed by atoms with Gasteiger partial charge in [-0.05, 0) is 49.0 Å². The van der Waals surface area contributed by atoms with Gasteiger partial charge in [-0.25, -0.2) is 0 Å². The van der Waals surface area contributed by atoms with E-state index in [9.17, 15) is 9.59 Å². The Morgan fingerprint density at radius 2 is 1.59 bits per heavy atom. The third-order valence-corrected chi connectivity index (χ3v) is 4.13. The molecular weight excluding hydrogens is 358 g/mol. The van der Waals surface area contributed by atoms with Crippen LogP contribution in [0.15, 0.2) is 54.6 Å². The van der Waals surface area contributed by atoms with Gasteiger partial charge in [0.2, 0.25) is 5.91 Å². The summed E-state index contributed by atoms with van der Waals surface area (Å²) in [5, 5.41) is 8.76. The van der Waals surface area contributed by atoms with Crippen LogP contribution in [-0.2, 0) is 4.79 Å². The van der Waals surface area contributed by atoms with Crippen molar-refractivity contribution in [2.24, 2.45) is 0 Å². The fourth-order valence-corrected chi connectivity index (χ4v) is 2.76. The topological polar surface area (TPSA) is 70.2 Å². The summed E-state index contributed by atoms with van der Waals surface area (Å²) >= 11 is 5.19. The van der Waals surface area contributed by atoms with Crippen molar-refractivity contribution < 1.29 is 9.59 Å². The molecule has 0 radical (unpaired) electrons. The molecule has 2 aromatic rings. The lowest BCUT2D eigenvalue weighted by Crippen LogP contribution is -2.33. The van der Waals surface area contributed by atoms with Gasteiger partial charge in [-0.1, -0.05) is 50.5 Å². The van der Waals surface area contributed by atoms with Crippen molar-refractivity contribution in [3.8, 4) is 0 Å². The maximum Gasteiger partial charge on any atom is 0.255 e. The predicted octanol–water partition coefficient (Wildman–Crippen LogP) is 4.72. The number of rotatable bonds is 8. The van der Waals surface area contributed by atoms with Crippen LogP contribution in [0.2, 0.25) is 0 Å². The number of carbonyl (C=O) groups is 2. The number of amides is 2. The van der Waals surface area contributed by atoms with Gasteiger partial charge < -0.3 is 16.0 Å². The summed E-state index contributed by atoms with van der Waals surface area (Å²) in [7, 11) is 0. The lowest BCUT2D eigenvalue weighted by Gasteiger charge is -2.11. The summed E-state index contributed by atoms with van der Waals surface area (Å²) in [6.07, 6.45) is 4.65. The summed E-state index contributed by atoms with van der Waals surface area (Å²) in [5.41, 5.74) is 1.92. The van der Waals surface area contributed by atoms with Crippen molar-refractivity contribution in [3.63, 3.8) is 0 Å². The van der Waals surface area contributed by atoms with Gasteiger partial charge in [-0.3, -0.25) is 9.59 Å². The molecule has 0 spiro atoms. The molecule has 2 amide bonds. The molecule has 0 aliphatic carbocycles. The van der Waals surface area contributed by atoms with Crippen LogP contribution in [0, 0.1) is 0 Å². The predicted molar refractivity (Wildman–Crippen MR) is 114 cm³/mol. The lowest BCUT2D eigenvalue weighted by molar-refractivity contribution is -0.119. The Morgan fingerprint density at radius 1 is 0.889 bits per heavy atom. The van der Waals surface area contributed by atoms with Crippen LogP contribution in [0.1, 0.15) is 49.4 Å². The van der Waals surface area contributed by atoms with E-state index in [-0.39, 0.29) is 16.9 Å². The van der Waals surface area contributed by atoms with E-state index in [1.807, 2.05) is 24.3 Å². The Hall–Kier alpha value is -2.73. The maximum absolute atomic E-state index is 12.2. The molecule has 142 valence electrons. The first kappa shape index (κ1) is 20.6. The lowest BCUT2D eigenvalue weighted by atomic mass is 10.1.